The molecule has 1 amide bonds. The zero-order valence-electron chi connectivity index (χ0n) is 15.5. The summed E-state index contributed by atoms with van der Waals surface area (Å²) in [6, 6.07) is 9.96. The average molecular weight is 361 g/mol. The zero-order valence-corrected chi connectivity index (χ0v) is 15.5. The van der Waals surface area contributed by atoms with Crippen LogP contribution in [0.5, 0.6) is 0 Å². The number of esters is 1. The first kappa shape index (κ1) is 19.9. The van der Waals surface area contributed by atoms with Crippen LogP contribution in [0.15, 0.2) is 30.3 Å². The van der Waals surface area contributed by atoms with Gasteiger partial charge in [-0.1, -0.05) is 30.3 Å². The molecule has 1 fully saturated rings. The van der Waals surface area contributed by atoms with Gasteiger partial charge in [-0.25, -0.2) is 4.79 Å². The third-order valence-corrected chi connectivity index (χ3v) is 4.81. The van der Waals surface area contributed by atoms with Crippen LogP contribution in [-0.4, -0.2) is 49.0 Å². The van der Waals surface area contributed by atoms with Crippen LogP contribution < -0.4 is 0 Å². The Kier molecular flexibility index (Phi) is 7.63. The maximum Gasteiger partial charge on any atom is 0.409 e. The van der Waals surface area contributed by atoms with E-state index in [9.17, 15) is 14.4 Å². The summed E-state index contributed by atoms with van der Waals surface area (Å²) >= 11 is 0. The van der Waals surface area contributed by atoms with Crippen LogP contribution in [0.25, 0.3) is 0 Å². The van der Waals surface area contributed by atoms with Gasteiger partial charge in [0.1, 0.15) is 12.2 Å². The van der Waals surface area contributed by atoms with E-state index in [0.717, 1.165) is 12.8 Å². The molecule has 2 atom stereocenters. The average Bonchev–Trinajstić information content (AvgIpc) is 2.66. The summed E-state index contributed by atoms with van der Waals surface area (Å²) in [5, 5.41) is 0. The first-order valence-electron chi connectivity index (χ1n) is 9.12. The zero-order chi connectivity index (χ0) is 18.9. The smallest absolute Gasteiger partial charge is 0.409 e. The second-order valence-electron chi connectivity index (χ2n) is 6.51. The van der Waals surface area contributed by atoms with Crippen molar-refractivity contribution in [2.45, 2.75) is 45.1 Å². The van der Waals surface area contributed by atoms with E-state index in [-0.39, 0.29) is 36.9 Å². The molecule has 0 radical (unpaired) electrons. The molecule has 0 aromatic heterocycles. The number of hydrogen-bond donors (Lipinski definition) is 0. The number of aryl methyl sites for hydroxylation is 1. The third kappa shape index (κ3) is 5.58. The van der Waals surface area contributed by atoms with E-state index in [1.54, 1.807) is 11.8 Å². The summed E-state index contributed by atoms with van der Waals surface area (Å²) in [6.45, 7) is 2.45. The van der Waals surface area contributed by atoms with Crippen LogP contribution in [0.3, 0.4) is 0 Å². The summed E-state index contributed by atoms with van der Waals surface area (Å²) in [7, 11) is 1.37. The van der Waals surface area contributed by atoms with Crippen LogP contribution in [0, 0.1) is 5.92 Å². The van der Waals surface area contributed by atoms with Crippen LogP contribution in [0.1, 0.15) is 38.2 Å². The number of Topliss-reactive ketones (excluding diaryl/α,β-unsaturated/α-hetero) is 1. The van der Waals surface area contributed by atoms with Crippen molar-refractivity contribution in [3.05, 3.63) is 35.9 Å². The van der Waals surface area contributed by atoms with Gasteiger partial charge in [0.15, 0.2) is 0 Å². The van der Waals surface area contributed by atoms with E-state index in [0.29, 0.717) is 19.4 Å². The van der Waals surface area contributed by atoms with E-state index >= 15 is 0 Å². The van der Waals surface area contributed by atoms with Crippen molar-refractivity contribution in [3.63, 3.8) is 0 Å². The minimum atomic E-state index is -0.478. The molecular weight excluding hydrogens is 334 g/mol. The lowest BCUT2D eigenvalue weighted by Gasteiger charge is -2.38. The monoisotopic (exact) mass is 361 g/mol. The van der Waals surface area contributed by atoms with Crippen molar-refractivity contribution in [2.24, 2.45) is 5.92 Å². The molecule has 6 heteroatoms. The first-order valence-corrected chi connectivity index (χ1v) is 9.12. The van der Waals surface area contributed by atoms with Crippen molar-refractivity contribution in [1.29, 1.82) is 0 Å². The highest BCUT2D eigenvalue weighted by Gasteiger charge is 2.35. The highest BCUT2D eigenvalue weighted by Crippen LogP contribution is 2.28. The number of likely N-dealkylation sites (tertiary alicyclic amines) is 1. The number of methoxy groups -OCH3 is 1. The second-order valence-corrected chi connectivity index (χ2v) is 6.51. The van der Waals surface area contributed by atoms with Crippen molar-refractivity contribution >= 4 is 17.8 Å². The van der Waals surface area contributed by atoms with Crippen LogP contribution in [0.2, 0.25) is 0 Å². The van der Waals surface area contributed by atoms with Crippen molar-refractivity contribution in [1.82, 2.24) is 4.90 Å². The molecule has 1 aliphatic rings. The molecule has 1 aromatic carbocycles. The van der Waals surface area contributed by atoms with Gasteiger partial charge in [0, 0.05) is 18.5 Å². The first-order chi connectivity index (χ1) is 12.5. The molecule has 0 aliphatic carbocycles. The molecule has 1 aromatic rings. The number of carbonyl (C=O) groups excluding carboxylic acids is 3. The Hall–Kier alpha value is -2.37. The van der Waals surface area contributed by atoms with E-state index in [1.807, 2.05) is 18.2 Å². The van der Waals surface area contributed by atoms with Crippen LogP contribution in [0.4, 0.5) is 4.79 Å². The lowest BCUT2D eigenvalue weighted by molar-refractivity contribution is -0.146. The van der Waals surface area contributed by atoms with Gasteiger partial charge in [0.2, 0.25) is 0 Å². The molecule has 0 unspecified atom stereocenters. The second kappa shape index (κ2) is 9.94. The Morgan fingerprint density at radius 3 is 2.58 bits per heavy atom. The summed E-state index contributed by atoms with van der Waals surface area (Å²) in [6.07, 6.45) is 2.12. The Morgan fingerprint density at radius 2 is 1.92 bits per heavy atom. The largest absolute Gasteiger partial charge is 0.466 e. The molecule has 1 heterocycles. The molecule has 1 aliphatic heterocycles. The number of nitrogens with zero attached hydrogens (tertiary/aromatic N) is 1. The van der Waals surface area contributed by atoms with Gasteiger partial charge in [0.25, 0.3) is 0 Å². The van der Waals surface area contributed by atoms with Gasteiger partial charge >= 0.3 is 12.1 Å². The molecule has 0 N–H and O–H groups in total. The summed E-state index contributed by atoms with van der Waals surface area (Å²) < 4.78 is 9.76. The maximum absolute atomic E-state index is 12.4. The van der Waals surface area contributed by atoms with Gasteiger partial charge in [0.05, 0.1) is 13.7 Å². The highest BCUT2D eigenvalue weighted by molar-refractivity contribution is 5.96. The summed E-state index contributed by atoms with van der Waals surface area (Å²) in [5.41, 5.74) is 1.19. The standard InChI is InChI=1S/C20H27NO5/c1-3-26-19(23)14-18(22)16-11-12-21(20(24)25-2)17(13-16)10-9-15-7-5-4-6-8-15/h4-8,16-17H,3,9-14H2,1-2H3/t16-,17-/m0/s1. The van der Waals surface area contributed by atoms with E-state index in [4.69, 9.17) is 9.47 Å². The Balaban J connectivity index is 2.00. The van der Waals surface area contributed by atoms with Gasteiger partial charge in [-0.15, -0.1) is 0 Å². The van der Waals surface area contributed by atoms with Gasteiger partial charge in [-0.2, -0.15) is 0 Å². The minimum absolute atomic E-state index is 0.0763. The van der Waals surface area contributed by atoms with Gasteiger partial charge in [-0.3, -0.25) is 9.59 Å². The number of amides is 1. The predicted octanol–water partition coefficient (Wildman–Crippen LogP) is 2.99. The summed E-state index contributed by atoms with van der Waals surface area (Å²) in [4.78, 5) is 37.8. The van der Waals surface area contributed by atoms with Crippen molar-refractivity contribution < 1.29 is 23.9 Å². The lowest BCUT2D eigenvalue weighted by Crippen LogP contribution is -2.47. The number of rotatable bonds is 7. The molecule has 142 valence electrons. The van der Waals surface area contributed by atoms with E-state index in [2.05, 4.69) is 12.1 Å². The molecular formula is C20H27NO5. The van der Waals surface area contributed by atoms with Crippen molar-refractivity contribution in [3.8, 4) is 0 Å². The Bertz CT molecular complexity index is 616. The fourth-order valence-electron chi connectivity index (χ4n) is 3.45. The summed E-state index contributed by atoms with van der Waals surface area (Å²) in [5.74, 6) is -0.799. The van der Waals surface area contributed by atoms with E-state index in [1.165, 1.54) is 12.7 Å². The van der Waals surface area contributed by atoms with Gasteiger partial charge in [-0.05, 0) is 38.2 Å². The van der Waals surface area contributed by atoms with Crippen molar-refractivity contribution in [2.75, 3.05) is 20.3 Å². The third-order valence-electron chi connectivity index (χ3n) is 4.81. The number of piperidine rings is 1. The lowest BCUT2D eigenvalue weighted by atomic mass is 9.84. The number of hydrogen-bond acceptors (Lipinski definition) is 5. The molecule has 26 heavy (non-hydrogen) atoms. The Labute approximate surface area is 154 Å². The number of benzene rings is 1. The fraction of sp³-hybridized carbons (Fsp3) is 0.550. The molecule has 2 rings (SSSR count). The molecule has 6 nitrogen and oxygen atoms in total. The molecule has 0 saturated carbocycles. The minimum Gasteiger partial charge on any atom is -0.466 e. The molecule has 0 spiro atoms. The normalized spacial score (nSPS) is 19.7. The quantitative estimate of drug-likeness (QED) is 0.551. The number of ether oxygens (including phenoxy) is 2. The SMILES string of the molecule is CCOC(=O)CC(=O)[C@H]1CCN(C(=O)OC)[C@@H](CCc2ccccc2)C1. The predicted molar refractivity (Wildman–Crippen MR) is 96.6 cm³/mol. The topological polar surface area (TPSA) is 72.9 Å². The molecule has 1 saturated heterocycles. The number of ketones is 1. The maximum atomic E-state index is 12.4. The Morgan fingerprint density at radius 1 is 1.19 bits per heavy atom. The molecule has 0 bridgehead atoms. The number of carbonyl (C=O) groups is 3. The van der Waals surface area contributed by atoms with Crippen LogP contribution >= 0.6 is 0 Å². The van der Waals surface area contributed by atoms with E-state index < -0.39 is 5.97 Å². The van der Waals surface area contributed by atoms with Gasteiger partial charge < -0.3 is 14.4 Å². The fourth-order valence-corrected chi connectivity index (χ4v) is 3.45. The highest BCUT2D eigenvalue weighted by atomic mass is 16.5. The van der Waals surface area contributed by atoms with Crippen LogP contribution in [-0.2, 0) is 25.5 Å².